The Morgan fingerprint density at radius 2 is 1.45 bits per heavy atom. The summed E-state index contributed by atoms with van der Waals surface area (Å²) in [4.78, 5) is 36.7. The van der Waals surface area contributed by atoms with Crippen molar-refractivity contribution in [2.75, 3.05) is 75.7 Å². The average Bonchev–Trinajstić information content (AvgIpc) is 3.16. The summed E-state index contributed by atoms with van der Waals surface area (Å²) < 4.78 is 40.1. The number of amides is 2. The molecule has 0 bridgehead atoms. The van der Waals surface area contributed by atoms with Crippen molar-refractivity contribution in [1.29, 1.82) is 0 Å². The van der Waals surface area contributed by atoms with Gasteiger partial charge in [-0.2, -0.15) is 18.3 Å². The van der Waals surface area contributed by atoms with E-state index in [1.165, 1.54) is 6.07 Å². The molecule has 1 saturated heterocycles. The van der Waals surface area contributed by atoms with Crippen molar-refractivity contribution < 1.29 is 22.8 Å². The Morgan fingerprint density at radius 3 is 2.08 bits per heavy atom. The number of likely N-dealkylation sites (N-methyl/N-ethyl adjacent to an activating group) is 2. The molecule has 1 fully saturated rings. The molecule has 2 amide bonds. The van der Waals surface area contributed by atoms with Crippen LogP contribution in [0.3, 0.4) is 0 Å². The van der Waals surface area contributed by atoms with Gasteiger partial charge in [-0.1, -0.05) is 57.5 Å². The summed E-state index contributed by atoms with van der Waals surface area (Å²) in [6.45, 7) is 18.8. The zero-order valence-electron chi connectivity index (χ0n) is 31.3. The summed E-state index contributed by atoms with van der Waals surface area (Å²) in [7, 11) is 0. The molecule has 0 spiro atoms. The van der Waals surface area contributed by atoms with E-state index in [9.17, 15) is 22.8 Å². The smallest absolute Gasteiger partial charge is 0.372 e. The van der Waals surface area contributed by atoms with Gasteiger partial charge >= 0.3 is 6.18 Å². The Kier molecular flexibility index (Phi) is 16.1. The number of hydrogen-bond acceptors (Lipinski definition) is 7. The number of carbonyl (C=O) groups is 2. The number of benzene rings is 3. The quantitative estimate of drug-likeness (QED) is 0.102. The van der Waals surface area contributed by atoms with E-state index in [1.54, 1.807) is 18.2 Å². The average molecular weight is 756 g/mol. The lowest BCUT2D eigenvalue weighted by atomic mass is 10.1. The summed E-state index contributed by atoms with van der Waals surface area (Å²) in [6, 6.07) is 16.2. The maximum atomic E-state index is 13.7. The highest BCUT2D eigenvalue weighted by molar-refractivity contribution is 6.31. The zero-order chi connectivity index (χ0) is 38.4. The van der Waals surface area contributed by atoms with Crippen LogP contribution in [0.2, 0.25) is 5.02 Å². The fourth-order valence-electron chi connectivity index (χ4n) is 6.42. The molecule has 13 heteroatoms. The summed E-state index contributed by atoms with van der Waals surface area (Å²) in [6.07, 6.45) is -0.319. The van der Waals surface area contributed by atoms with Crippen molar-refractivity contribution >= 4 is 41.0 Å². The molecule has 3 aromatic rings. The Bertz CT molecular complexity index is 1660. The van der Waals surface area contributed by atoms with Crippen LogP contribution in [0.15, 0.2) is 65.8 Å². The predicted octanol–water partition coefficient (Wildman–Crippen LogP) is 7.85. The van der Waals surface area contributed by atoms with Crippen molar-refractivity contribution in [3.05, 3.63) is 93.5 Å². The lowest BCUT2D eigenvalue weighted by Gasteiger charge is -2.29. The molecule has 53 heavy (non-hydrogen) atoms. The minimum Gasteiger partial charge on any atom is -0.372 e. The molecule has 288 valence electrons. The molecule has 0 radical (unpaired) electrons. The van der Waals surface area contributed by atoms with Crippen molar-refractivity contribution in [2.45, 2.75) is 59.7 Å². The van der Waals surface area contributed by atoms with Gasteiger partial charge in [0.2, 0.25) is 0 Å². The topological polar surface area (TPSA) is 83.5 Å². The molecule has 4 rings (SSSR count). The maximum absolute atomic E-state index is 13.7. The lowest BCUT2D eigenvalue weighted by Crippen LogP contribution is -2.39. The van der Waals surface area contributed by atoms with E-state index in [2.05, 4.69) is 63.1 Å². The van der Waals surface area contributed by atoms with E-state index >= 15 is 0 Å². The highest BCUT2D eigenvalue weighted by atomic mass is 35.5. The second kappa shape index (κ2) is 20.5. The molecule has 1 aliphatic heterocycles. The highest BCUT2D eigenvalue weighted by Crippen LogP contribution is 2.35. The zero-order valence-corrected chi connectivity index (χ0v) is 32.1. The third kappa shape index (κ3) is 12.6. The predicted molar refractivity (Wildman–Crippen MR) is 209 cm³/mol. The van der Waals surface area contributed by atoms with Crippen LogP contribution >= 0.6 is 11.6 Å². The Hall–Kier alpha value is -3.97. The van der Waals surface area contributed by atoms with E-state index in [4.69, 9.17) is 11.6 Å². The summed E-state index contributed by atoms with van der Waals surface area (Å²) in [5.41, 5.74) is 4.32. The van der Waals surface area contributed by atoms with Gasteiger partial charge in [-0.15, -0.1) is 0 Å². The van der Waals surface area contributed by atoms with Gasteiger partial charge in [-0.05, 0) is 99.0 Å². The second-order valence-electron chi connectivity index (χ2n) is 13.2. The van der Waals surface area contributed by atoms with Crippen molar-refractivity contribution in [1.82, 2.24) is 20.1 Å². The number of alkyl halides is 3. The van der Waals surface area contributed by atoms with Crippen LogP contribution in [0.5, 0.6) is 0 Å². The largest absolute Gasteiger partial charge is 0.417 e. The van der Waals surface area contributed by atoms with Crippen LogP contribution < -0.4 is 15.6 Å². The van der Waals surface area contributed by atoms with Crippen LogP contribution in [-0.4, -0.2) is 98.2 Å². The first kappa shape index (κ1) is 41.8. The van der Waals surface area contributed by atoms with E-state index < -0.39 is 22.7 Å². The van der Waals surface area contributed by atoms with E-state index in [0.29, 0.717) is 17.8 Å². The number of anilines is 2. The molecule has 0 aliphatic carbocycles. The van der Waals surface area contributed by atoms with Crippen LogP contribution in [-0.2, 0) is 12.7 Å². The molecule has 2 N–H and O–H groups in total. The van der Waals surface area contributed by atoms with E-state index in [-0.39, 0.29) is 17.0 Å². The summed E-state index contributed by atoms with van der Waals surface area (Å²) >= 11 is 5.75. The normalized spacial score (nSPS) is 13.8. The van der Waals surface area contributed by atoms with E-state index in [1.807, 2.05) is 24.3 Å². The lowest BCUT2D eigenvalue weighted by molar-refractivity contribution is -0.137. The number of halogens is 4. The van der Waals surface area contributed by atoms with Gasteiger partial charge < -0.3 is 20.0 Å². The monoisotopic (exact) mass is 755 g/mol. The minimum atomic E-state index is -4.64. The van der Waals surface area contributed by atoms with Crippen LogP contribution in [0.25, 0.3) is 0 Å². The molecular formula is C40H53ClF3N7O2. The fraction of sp³-hybridized carbons (Fsp3) is 0.475. The number of piperidine rings is 1. The number of hydrogen-bond donors (Lipinski definition) is 2. The number of hydrazone groups is 1. The first-order valence-electron chi connectivity index (χ1n) is 18.6. The first-order chi connectivity index (χ1) is 25.4. The maximum Gasteiger partial charge on any atom is 0.417 e. The molecule has 1 heterocycles. The molecule has 0 saturated carbocycles. The Labute approximate surface area is 317 Å². The second-order valence-corrected chi connectivity index (χ2v) is 13.6. The van der Waals surface area contributed by atoms with Crippen molar-refractivity contribution in [2.24, 2.45) is 5.10 Å². The third-order valence-electron chi connectivity index (χ3n) is 9.74. The van der Waals surface area contributed by atoms with E-state index in [0.717, 1.165) is 114 Å². The fourth-order valence-corrected chi connectivity index (χ4v) is 6.65. The molecule has 3 aromatic carbocycles. The third-order valence-corrected chi connectivity index (χ3v) is 10.1. The van der Waals surface area contributed by atoms with Gasteiger partial charge in [0, 0.05) is 57.1 Å². The van der Waals surface area contributed by atoms with Gasteiger partial charge in [-0.3, -0.25) is 14.5 Å². The Morgan fingerprint density at radius 1 is 0.811 bits per heavy atom. The van der Waals surface area contributed by atoms with Gasteiger partial charge in [-0.25, -0.2) is 5.43 Å². The molecule has 1 aliphatic rings. The SMILES string of the molecule is CCN(CC)CCN(CCN(CC)CC)Cc1cccc(C(=O)Nc2ccc(N3CCCCC3)cc2C(=O)N/N=C\c2ccc(Cl)c(C(F)(F)F)c2)c1. The number of nitrogens with one attached hydrogen (secondary N) is 2. The van der Waals surface area contributed by atoms with Crippen LogP contribution in [0, 0.1) is 0 Å². The van der Waals surface area contributed by atoms with Crippen LogP contribution in [0.1, 0.15) is 84.4 Å². The molecule has 0 aromatic heterocycles. The highest BCUT2D eigenvalue weighted by Gasteiger charge is 2.33. The number of carbonyl (C=O) groups excluding carboxylic acids is 2. The van der Waals surface area contributed by atoms with Crippen LogP contribution in [0.4, 0.5) is 24.5 Å². The standard InChI is InChI=1S/C40H53ClF3N7O2/c1-5-48(6-2)21-23-50(24-22-49(7-3)8-4)29-31-13-12-14-32(25-31)38(52)46-37-18-16-33(51-19-10-9-11-20-51)27-34(37)39(53)47-45-28-30-15-17-36(41)35(26-30)40(42,43)44/h12-18,25-28H,5-11,19-24,29H2,1-4H3,(H,46,52)(H,47,53)/b45-28-. The molecular weight excluding hydrogens is 703 g/mol. The molecule has 0 unspecified atom stereocenters. The molecule has 9 nitrogen and oxygen atoms in total. The van der Waals surface area contributed by atoms with Crippen molar-refractivity contribution in [3.8, 4) is 0 Å². The number of nitrogens with zero attached hydrogens (tertiary/aromatic N) is 5. The van der Waals surface area contributed by atoms with Gasteiger partial charge in [0.15, 0.2) is 0 Å². The number of rotatable bonds is 18. The van der Waals surface area contributed by atoms with Gasteiger partial charge in [0.1, 0.15) is 0 Å². The first-order valence-corrected chi connectivity index (χ1v) is 19.0. The van der Waals surface area contributed by atoms with Gasteiger partial charge in [0.05, 0.1) is 28.1 Å². The summed E-state index contributed by atoms with van der Waals surface area (Å²) in [5, 5.41) is 6.43. The summed E-state index contributed by atoms with van der Waals surface area (Å²) in [5.74, 6) is -0.986. The Balaban J connectivity index is 1.54. The molecule has 0 atom stereocenters. The minimum absolute atomic E-state index is 0.108. The van der Waals surface area contributed by atoms with Gasteiger partial charge in [0.25, 0.3) is 11.8 Å². The van der Waals surface area contributed by atoms with Crippen molar-refractivity contribution in [3.63, 3.8) is 0 Å².